The third-order valence-electron chi connectivity index (χ3n) is 2.12. The number of thiophene rings is 1. The van der Waals surface area contributed by atoms with Crippen molar-refractivity contribution in [2.75, 3.05) is 0 Å². The minimum atomic E-state index is 0.551. The lowest BCUT2D eigenvalue weighted by atomic mass is 10.1. The number of fused-ring (bicyclic) bond motifs is 1. The Bertz CT molecular complexity index is 582. The van der Waals surface area contributed by atoms with Crippen molar-refractivity contribution in [3.8, 4) is 12.1 Å². The third-order valence-corrected chi connectivity index (χ3v) is 3.26. The van der Waals surface area contributed by atoms with Crippen LogP contribution in [0.15, 0.2) is 17.5 Å². The molecule has 0 saturated heterocycles. The van der Waals surface area contributed by atoms with Gasteiger partial charge in [0.25, 0.3) is 0 Å². The van der Waals surface area contributed by atoms with E-state index in [2.05, 4.69) is 12.1 Å². The van der Waals surface area contributed by atoms with Crippen molar-refractivity contribution in [3.63, 3.8) is 0 Å². The van der Waals surface area contributed by atoms with Crippen molar-refractivity contribution in [1.29, 1.82) is 10.5 Å². The van der Waals surface area contributed by atoms with E-state index in [1.165, 1.54) is 0 Å². The second-order valence-corrected chi connectivity index (χ2v) is 3.92. The van der Waals surface area contributed by atoms with E-state index in [0.717, 1.165) is 15.6 Å². The Morgan fingerprint density at radius 1 is 1.21 bits per heavy atom. The zero-order valence-corrected chi connectivity index (χ0v) is 8.35. The lowest BCUT2D eigenvalue weighted by Crippen LogP contribution is -1.80. The second kappa shape index (κ2) is 3.14. The first-order chi connectivity index (χ1) is 6.76. The van der Waals surface area contributed by atoms with Gasteiger partial charge in [0.15, 0.2) is 0 Å². The van der Waals surface area contributed by atoms with E-state index in [-0.39, 0.29) is 0 Å². The van der Waals surface area contributed by atoms with Crippen LogP contribution < -0.4 is 0 Å². The Morgan fingerprint density at radius 2 is 2.00 bits per heavy atom. The number of benzene rings is 1. The molecule has 2 rings (SSSR count). The minimum Gasteiger partial charge on any atom is -0.192 e. The van der Waals surface area contributed by atoms with Gasteiger partial charge >= 0.3 is 0 Å². The zero-order valence-electron chi connectivity index (χ0n) is 7.53. The molecule has 0 fully saturated rings. The van der Waals surface area contributed by atoms with Gasteiger partial charge in [0.2, 0.25) is 0 Å². The Morgan fingerprint density at radius 3 is 2.64 bits per heavy atom. The van der Waals surface area contributed by atoms with Gasteiger partial charge in [-0.3, -0.25) is 0 Å². The molecule has 2 aromatic rings. The summed E-state index contributed by atoms with van der Waals surface area (Å²) in [5.41, 5.74) is 2.27. The van der Waals surface area contributed by atoms with Gasteiger partial charge in [0.05, 0.1) is 21.9 Å². The van der Waals surface area contributed by atoms with Crippen LogP contribution in [-0.2, 0) is 0 Å². The van der Waals surface area contributed by atoms with Crippen molar-refractivity contribution in [2.24, 2.45) is 0 Å². The van der Waals surface area contributed by atoms with Gasteiger partial charge in [-0.15, -0.1) is 11.3 Å². The Kier molecular flexibility index (Phi) is 1.96. The fourth-order valence-corrected chi connectivity index (χ4v) is 2.41. The summed E-state index contributed by atoms with van der Waals surface area (Å²) in [4.78, 5) is 0. The number of nitriles is 2. The van der Waals surface area contributed by atoms with Crippen molar-refractivity contribution < 1.29 is 0 Å². The smallest absolute Gasteiger partial charge is 0.101 e. The summed E-state index contributed by atoms with van der Waals surface area (Å²) in [6, 6.07) is 7.65. The van der Waals surface area contributed by atoms with Gasteiger partial charge in [-0.05, 0) is 35.4 Å². The molecule has 0 aliphatic carbocycles. The standard InChI is InChI=1S/C11H6N2S/c1-7-6-14-11-9(5-13)2-8(4-12)3-10(7)11/h2-3,6H,1H3. The SMILES string of the molecule is Cc1csc2c(C#N)cc(C#N)cc12. The molecular weight excluding hydrogens is 192 g/mol. The van der Waals surface area contributed by atoms with Gasteiger partial charge in [0, 0.05) is 0 Å². The van der Waals surface area contributed by atoms with Crippen LogP contribution >= 0.6 is 11.3 Å². The summed E-state index contributed by atoms with van der Waals surface area (Å²) >= 11 is 1.55. The van der Waals surface area contributed by atoms with Crippen LogP contribution in [0.2, 0.25) is 0 Å². The summed E-state index contributed by atoms with van der Waals surface area (Å²) in [5.74, 6) is 0. The van der Waals surface area contributed by atoms with E-state index in [0.29, 0.717) is 11.1 Å². The summed E-state index contributed by atoms with van der Waals surface area (Å²) in [6.45, 7) is 1.99. The molecule has 3 heteroatoms. The normalized spacial score (nSPS) is 9.64. The summed E-state index contributed by atoms with van der Waals surface area (Å²) in [7, 11) is 0. The number of hydrogen-bond acceptors (Lipinski definition) is 3. The first-order valence-corrected chi connectivity index (χ1v) is 4.96. The Labute approximate surface area is 85.6 Å². The largest absolute Gasteiger partial charge is 0.192 e. The zero-order chi connectivity index (χ0) is 10.1. The maximum atomic E-state index is 8.91. The first kappa shape index (κ1) is 8.74. The van der Waals surface area contributed by atoms with E-state index in [4.69, 9.17) is 10.5 Å². The lowest BCUT2D eigenvalue weighted by Gasteiger charge is -1.95. The highest BCUT2D eigenvalue weighted by atomic mass is 32.1. The van der Waals surface area contributed by atoms with E-state index >= 15 is 0 Å². The highest BCUT2D eigenvalue weighted by Gasteiger charge is 2.07. The average molecular weight is 198 g/mol. The highest BCUT2D eigenvalue weighted by Crippen LogP contribution is 2.29. The molecule has 0 aliphatic heterocycles. The van der Waals surface area contributed by atoms with Crippen LogP contribution in [0.3, 0.4) is 0 Å². The van der Waals surface area contributed by atoms with Crippen LogP contribution in [0.25, 0.3) is 10.1 Å². The van der Waals surface area contributed by atoms with Crippen LogP contribution in [-0.4, -0.2) is 0 Å². The molecule has 2 nitrogen and oxygen atoms in total. The summed E-state index contributed by atoms with van der Waals surface area (Å²) < 4.78 is 0.976. The van der Waals surface area contributed by atoms with Crippen LogP contribution in [0.1, 0.15) is 16.7 Å². The van der Waals surface area contributed by atoms with Crippen molar-refractivity contribution >= 4 is 21.4 Å². The minimum absolute atomic E-state index is 0.551. The molecule has 0 spiro atoms. The third kappa shape index (κ3) is 1.16. The van der Waals surface area contributed by atoms with Crippen molar-refractivity contribution in [1.82, 2.24) is 0 Å². The number of aryl methyl sites for hydroxylation is 1. The molecule has 0 radical (unpaired) electrons. The van der Waals surface area contributed by atoms with Crippen molar-refractivity contribution in [2.45, 2.75) is 6.92 Å². The summed E-state index contributed by atoms with van der Waals surface area (Å²) in [5, 5.41) is 20.7. The second-order valence-electron chi connectivity index (χ2n) is 3.04. The van der Waals surface area contributed by atoms with E-state index in [1.54, 1.807) is 17.4 Å². The molecule has 1 aromatic carbocycles. The van der Waals surface area contributed by atoms with Crippen LogP contribution in [0.4, 0.5) is 0 Å². The van der Waals surface area contributed by atoms with Crippen molar-refractivity contribution in [3.05, 3.63) is 34.2 Å². The van der Waals surface area contributed by atoms with E-state index in [1.807, 2.05) is 18.4 Å². The Hall–Kier alpha value is -1.84. The molecule has 0 atom stereocenters. The fraction of sp³-hybridized carbons (Fsp3) is 0.0909. The maximum Gasteiger partial charge on any atom is 0.101 e. The van der Waals surface area contributed by atoms with Gasteiger partial charge in [-0.25, -0.2) is 0 Å². The monoisotopic (exact) mass is 198 g/mol. The van der Waals surface area contributed by atoms with Crippen LogP contribution in [0.5, 0.6) is 0 Å². The van der Waals surface area contributed by atoms with Gasteiger partial charge < -0.3 is 0 Å². The molecular formula is C11H6N2S. The molecule has 0 N–H and O–H groups in total. The number of hydrogen-bond donors (Lipinski definition) is 0. The first-order valence-electron chi connectivity index (χ1n) is 4.08. The van der Waals surface area contributed by atoms with Gasteiger partial charge in [-0.1, -0.05) is 0 Å². The molecule has 0 amide bonds. The van der Waals surface area contributed by atoms with Gasteiger partial charge in [0.1, 0.15) is 6.07 Å². The Balaban J connectivity index is 2.93. The molecule has 0 unspecified atom stereocenters. The van der Waals surface area contributed by atoms with Crippen LogP contribution in [0, 0.1) is 29.6 Å². The molecule has 0 bridgehead atoms. The van der Waals surface area contributed by atoms with E-state index in [9.17, 15) is 0 Å². The maximum absolute atomic E-state index is 8.91. The number of rotatable bonds is 0. The quantitative estimate of drug-likeness (QED) is 0.653. The molecule has 0 aliphatic rings. The summed E-state index contributed by atoms with van der Waals surface area (Å²) in [6.07, 6.45) is 0. The molecule has 1 aromatic heterocycles. The van der Waals surface area contributed by atoms with Gasteiger partial charge in [-0.2, -0.15) is 10.5 Å². The predicted octanol–water partition coefficient (Wildman–Crippen LogP) is 2.95. The predicted molar refractivity (Wildman–Crippen MR) is 56.0 cm³/mol. The topological polar surface area (TPSA) is 47.6 Å². The molecule has 66 valence electrons. The molecule has 0 saturated carbocycles. The number of nitrogens with zero attached hydrogens (tertiary/aromatic N) is 2. The lowest BCUT2D eigenvalue weighted by molar-refractivity contribution is 1.47. The highest BCUT2D eigenvalue weighted by molar-refractivity contribution is 7.17. The molecule has 14 heavy (non-hydrogen) atoms. The van der Waals surface area contributed by atoms with E-state index < -0.39 is 0 Å². The molecule has 1 heterocycles. The average Bonchev–Trinajstić information content (AvgIpc) is 2.59. The fourth-order valence-electron chi connectivity index (χ4n) is 1.41.